The van der Waals surface area contributed by atoms with Gasteiger partial charge in [0.15, 0.2) is 5.82 Å². The van der Waals surface area contributed by atoms with E-state index in [0.717, 1.165) is 51.3 Å². The van der Waals surface area contributed by atoms with E-state index in [2.05, 4.69) is 35.4 Å². The van der Waals surface area contributed by atoms with Gasteiger partial charge < -0.3 is 20.6 Å². The number of amides is 1. The highest BCUT2D eigenvalue weighted by Gasteiger charge is 2.19. The van der Waals surface area contributed by atoms with Gasteiger partial charge in [-0.05, 0) is 37.6 Å². The topological polar surface area (TPSA) is 107 Å². The summed E-state index contributed by atoms with van der Waals surface area (Å²) in [4.78, 5) is 31.0. The number of hydrogen-bond donors (Lipinski definition) is 3. The largest absolute Gasteiger partial charge is 0.395 e. The normalized spacial score (nSPS) is 15.2. The van der Waals surface area contributed by atoms with Gasteiger partial charge in [-0.3, -0.25) is 14.7 Å². The van der Waals surface area contributed by atoms with Gasteiger partial charge in [-0.15, -0.1) is 0 Å². The Morgan fingerprint density at radius 3 is 2.46 bits per heavy atom. The third-order valence-electron chi connectivity index (χ3n) is 6.74. The Hall–Kier alpha value is -2.82. The molecule has 1 aromatic carbocycles. The van der Waals surface area contributed by atoms with Gasteiger partial charge in [0.1, 0.15) is 16.5 Å². The number of aliphatic hydroxyl groups is 1. The molecule has 39 heavy (non-hydrogen) atoms. The number of nitrogens with zero attached hydrogens (tertiary/aromatic N) is 5. The standard InChI is InChI=1S/C28H35Cl2N7O2/c1-20-26(30)28(35-27(33-20)23-18-22(29)9-10-31-23)32-19-24(21-6-3-2-4-7-21)34-25(39)8-5-11-36-12-14-37(15-13-36)16-17-38/h2-4,6-7,9-10,18,24,38H,5,8,11-17,19H2,1H3,(H,34,39)(H,32,33,35)/t24-/m0/s1. The van der Waals surface area contributed by atoms with Crippen LogP contribution in [-0.2, 0) is 4.79 Å². The van der Waals surface area contributed by atoms with Crippen LogP contribution in [0, 0.1) is 6.92 Å². The van der Waals surface area contributed by atoms with Crippen molar-refractivity contribution in [3.8, 4) is 11.5 Å². The van der Waals surface area contributed by atoms with E-state index in [1.54, 1.807) is 18.3 Å². The molecule has 0 saturated carbocycles. The molecule has 1 amide bonds. The molecule has 208 valence electrons. The molecule has 0 radical (unpaired) electrons. The SMILES string of the molecule is Cc1nc(-c2cc(Cl)ccn2)nc(NC[C@H](NC(=O)CCCN2CCN(CCO)CC2)c2ccccc2)c1Cl. The second kappa shape index (κ2) is 14.5. The van der Waals surface area contributed by atoms with Gasteiger partial charge >= 0.3 is 0 Å². The predicted octanol–water partition coefficient (Wildman–Crippen LogP) is 3.81. The number of carbonyl (C=O) groups excluding carboxylic acids is 1. The second-order valence-corrected chi connectivity index (χ2v) is 10.4. The zero-order chi connectivity index (χ0) is 27.6. The number of rotatable bonds is 12. The first-order valence-electron chi connectivity index (χ1n) is 13.2. The Morgan fingerprint density at radius 1 is 1.05 bits per heavy atom. The van der Waals surface area contributed by atoms with Crippen LogP contribution in [0.5, 0.6) is 0 Å². The molecule has 3 N–H and O–H groups in total. The summed E-state index contributed by atoms with van der Waals surface area (Å²) in [6, 6.07) is 13.0. The molecule has 3 heterocycles. The number of pyridine rings is 1. The lowest BCUT2D eigenvalue weighted by Crippen LogP contribution is -2.47. The highest BCUT2D eigenvalue weighted by Crippen LogP contribution is 2.27. The average molecular weight is 573 g/mol. The number of piperazine rings is 1. The van der Waals surface area contributed by atoms with Crippen molar-refractivity contribution >= 4 is 34.9 Å². The van der Waals surface area contributed by atoms with Crippen LogP contribution in [0.1, 0.15) is 30.1 Å². The van der Waals surface area contributed by atoms with Crippen LogP contribution in [0.4, 0.5) is 5.82 Å². The van der Waals surface area contributed by atoms with Gasteiger partial charge in [-0.25, -0.2) is 9.97 Å². The van der Waals surface area contributed by atoms with Gasteiger partial charge in [0, 0.05) is 56.9 Å². The van der Waals surface area contributed by atoms with Crippen molar-refractivity contribution < 1.29 is 9.90 Å². The summed E-state index contributed by atoms with van der Waals surface area (Å²) < 4.78 is 0. The summed E-state index contributed by atoms with van der Waals surface area (Å²) in [5.74, 6) is 0.884. The molecule has 1 aliphatic heterocycles. The van der Waals surface area contributed by atoms with E-state index in [-0.39, 0.29) is 18.6 Å². The smallest absolute Gasteiger partial charge is 0.220 e. The lowest BCUT2D eigenvalue weighted by molar-refractivity contribution is -0.122. The number of halogens is 2. The summed E-state index contributed by atoms with van der Waals surface area (Å²) in [7, 11) is 0. The highest BCUT2D eigenvalue weighted by atomic mass is 35.5. The summed E-state index contributed by atoms with van der Waals surface area (Å²) >= 11 is 12.7. The first-order valence-corrected chi connectivity index (χ1v) is 14.0. The van der Waals surface area contributed by atoms with E-state index in [9.17, 15) is 4.79 Å². The monoisotopic (exact) mass is 571 g/mol. The Balaban J connectivity index is 1.37. The summed E-state index contributed by atoms with van der Waals surface area (Å²) in [5.41, 5.74) is 2.15. The molecule has 3 aromatic rings. The lowest BCUT2D eigenvalue weighted by atomic mass is 10.1. The number of aryl methyl sites for hydroxylation is 1. The fraction of sp³-hybridized carbons (Fsp3) is 0.429. The third-order valence-corrected chi connectivity index (χ3v) is 7.43. The summed E-state index contributed by atoms with van der Waals surface area (Å²) in [6.45, 7) is 7.83. The first-order chi connectivity index (χ1) is 18.9. The van der Waals surface area contributed by atoms with Gasteiger partial charge in [-0.2, -0.15) is 0 Å². The Morgan fingerprint density at radius 2 is 1.77 bits per heavy atom. The zero-order valence-electron chi connectivity index (χ0n) is 22.1. The molecule has 9 nitrogen and oxygen atoms in total. The van der Waals surface area contributed by atoms with Gasteiger partial charge in [0.05, 0.1) is 18.3 Å². The van der Waals surface area contributed by atoms with Crippen molar-refractivity contribution in [2.75, 3.05) is 57.7 Å². The van der Waals surface area contributed by atoms with Crippen molar-refractivity contribution in [1.29, 1.82) is 0 Å². The van der Waals surface area contributed by atoms with Crippen LogP contribution < -0.4 is 10.6 Å². The van der Waals surface area contributed by atoms with Crippen LogP contribution in [0.15, 0.2) is 48.7 Å². The molecule has 1 fully saturated rings. The maximum Gasteiger partial charge on any atom is 0.220 e. The molecule has 4 rings (SSSR count). The maximum atomic E-state index is 12.9. The minimum absolute atomic E-state index is 0.00153. The highest BCUT2D eigenvalue weighted by molar-refractivity contribution is 6.33. The van der Waals surface area contributed by atoms with Crippen molar-refractivity contribution in [2.45, 2.75) is 25.8 Å². The number of benzene rings is 1. The molecule has 11 heteroatoms. The fourth-order valence-electron chi connectivity index (χ4n) is 4.56. The molecule has 0 aliphatic carbocycles. The van der Waals surface area contributed by atoms with E-state index in [1.807, 2.05) is 37.3 Å². The Labute approximate surface area is 239 Å². The maximum absolute atomic E-state index is 12.9. The fourth-order valence-corrected chi connectivity index (χ4v) is 4.87. The van der Waals surface area contributed by atoms with Crippen molar-refractivity contribution in [3.05, 3.63) is 70.0 Å². The van der Waals surface area contributed by atoms with Gasteiger partial charge in [0.25, 0.3) is 0 Å². The van der Waals surface area contributed by atoms with Crippen LogP contribution >= 0.6 is 23.2 Å². The minimum Gasteiger partial charge on any atom is -0.395 e. The second-order valence-electron chi connectivity index (χ2n) is 9.58. The van der Waals surface area contributed by atoms with Crippen molar-refractivity contribution in [1.82, 2.24) is 30.1 Å². The number of aromatic nitrogens is 3. The van der Waals surface area contributed by atoms with Gasteiger partial charge in [-0.1, -0.05) is 53.5 Å². The molecule has 0 bridgehead atoms. The van der Waals surface area contributed by atoms with Crippen LogP contribution in [0.3, 0.4) is 0 Å². The lowest BCUT2D eigenvalue weighted by Gasteiger charge is -2.34. The van der Waals surface area contributed by atoms with E-state index < -0.39 is 0 Å². The van der Waals surface area contributed by atoms with Crippen molar-refractivity contribution in [3.63, 3.8) is 0 Å². The molecular formula is C28H35Cl2N7O2. The molecule has 0 spiro atoms. The summed E-state index contributed by atoms with van der Waals surface area (Å²) in [5, 5.41) is 16.6. The van der Waals surface area contributed by atoms with E-state index in [0.29, 0.717) is 46.0 Å². The van der Waals surface area contributed by atoms with E-state index in [4.69, 9.17) is 28.3 Å². The average Bonchev–Trinajstić information content (AvgIpc) is 2.94. The quantitative estimate of drug-likeness (QED) is 0.301. The first kappa shape index (κ1) is 29.2. The predicted molar refractivity (Wildman–Crippen MR) is 155 cm³/mol. The number of aliphatic hydroxyl groups excluding tert-OH is 1. The molecule has 1 saturated heterocycles. The zero-order valence-corrected chi connectivity index (χ0v) is 23.6. The van der Waals surface area contributed by atoms with E-state index in [1.165, 1.54) is 0 Å². The van der Waals surface area contributed by atoms with Crippen LogP contribution in [0.2, 0.25) is 10.0 Å². The minimum atomic E-state index is -0.278. The van der Waals surface area contributed by atoms with Crippen LogP contribution in [-0.4, -0.2) is 88.2 Å². The molecule has 2 aromatic heterocycles. The Bertz CT molecular complexity index is 1220. The van der Waals surface area contributed by atoms with Crippen LogP contribution in [0.25, 0.3) is 11.5 Å². The molecule has 1 aliphatic rings. The third kappa shape index (κ3) is 8.58. The Kier molecular flexibility index (Phi) is 10.9. The number of nitrogens with one attached hydrogen (secondary N) is 2. The van der Waals surface area contributed by atoms with Crippen molar-refractivity contribution in [2.24, 2.45) is 0 Å². The van der Waals surface area contributed by atoms with Gasteiger partial charge in [0.2, 0.25) is 5.91 Å². The molecule has 1 atom stereocenters. The number of carbonyl (C=O) groups is 1. The summed E-state index contributed by atoms with van der Waals surface area (Å²) in [6.07, 6.45) is 2.84. The molecular weight excluding hydrogens is 537 g/mol. The number of hydrogen-bond acceptors (Lipinski definition) is 8. The number of β-amino-alcohol motifs (C(OH)–C–C–N with tert-alkyl or cyclic N) is 1. The number of anilines is 1. The molecule has 0 unspecified atom stereocenters. The van der Waals surface area contributed by atoms with E-state index >= 15 is 0 Å².